The van der Waals surface area contributed by atoms with Crippen LogP contribution in [0.5, 0.6) is 0 Å². The molecule has 0 bridgehead atoms. The maximum Gasteiger partial charge on any atom is 0.189 e. The number of halogens is 1. The van der Waals surface area contributed by atoms with Crippen LogP contribution < -0.4 is 11.1 Å². The standard InChI is InChI=1S/C13H21N3O3S.HI/c1-10(9-19-2)16-13(14)15-8-11-4-6-12(7-5-11)20(3,17)18;/h4-7,10H,8-9H2,1-3H3,(H3,14,15,16);1H. The van der Waals surface area contributed by atoms with Gasteiger partial charge in [-0.2, -0.15) is 0 Å². The summed E-state index contributed by atoms with van der Waals surface area (Å²) in [6.07, 6.45) is 1.18. The van der Waals surface area contributed by atoms with E-state index in [0.29, 0.717) is 24.0 Å². The van der Waals surface area contributed by atoms with Crippen LogP contribution in [0, 0.1) is 0 Å². The van der Waals surface area contributed by atoms with E-state index >= 15 is 0 Å². The van der Waals surface area contributed by atoms with E-state index in [9.17, 15) is 8.42 Å². The number of guanidine groups is 1. The molecule has 0 aliphatic rings. The first-order valence-corrected chi connectivity index (χ1v) is 8.06. The van der Waals surface area contributed by atoms with Gasteiger partial charge in [0, 0.05) is 19.4 Å². The lowest BCUT2D eigenvalue weighted by Crippen LogP contribution is -2.40. The van der Waals surface area contributed by atoms with Gasteiger partial charge in [0.05, 0.1) is 18.0 Å². The van der Waals surface area contributed by atoms with Crippen molar-refractivity contribution in [3.05, 3.63) is 29.8 Å². The molecule has 1 aromatic carbocycles. The van der Waals surface area contributed by atoms with Crippen LogP contribution in [0.1, 0.15) is 12.5 Å². The molecule has 1 aromatic rings. The van der Waals surface area contributed by atoms with E-state index in [1.165, 1.54) is 6.26 Å². The Bertz CT molecular complexity index is 559. The maximum absolute atomic E-state index is 11.3. The zero-order chi connectivity index (χ0) is 15.2. The first kappa shape index (κ1) is 20.1. The average Bonchev–Trinajstić information content (AvgIpc) is 2.36. The highest BCUT2D eigenvalue weighted by atomic mass is 127. The molecule has 6 nitrogen and oxygen atoms in total. The van der Waals surface area contributed by atoms with Gasteiger partial charge >= 0.3 is 0 Å². The van der Waals surface area contributed by atoms with Crippen molar-refractivity contribution < 1.29 is 13.2 Å². The number of hydrogen-bond donors (Lipinski definition) is 2. The fraction of sp³-hybridized carbons (Fsp3) is 0.462. The second kappa shape index (κ2) is 9.21. The topological polar surface area (TPSA) is 93.8 Å². The van der Waals surface area contributed by atoms with E-state index in [1.807, 2.05) is 6.92 Å². The van der Waals surface area contributed by atoms with E-state index in [-0.39, 0.29) is 30.0 Å². The summed E-state index contributed by atoms with van der Waals surface area (Å²) in [5.74, 6) is 0.335. The molecular formula is C13H22IN3O3S. The molecule has 0 saturated heterocycles. The van der Waals surface area contributed by atoms with Crippen molar-refractivity contribution in [1.29, 1.82) is 0 Å². The molecule has 120 valence electrons. The lowest BCUT2D eigenvalue weighted by molar-refractivity contribution is 0.179. The second-order valence-electron chi connectivity index (χ2n) is 4.62. The quantitative estimate of drug-likeness (QED) is 0.404. The minimum absolute atomic E-state index is 0. The van der Waals surface area contributed by atoms with Crippen LogP contribution in [0.3, 0.4) is 0 Å². The Balaban J connectivity index is 0.00000400. The number of sulfone groups is 1. The van der Waals surface area contributed by atoms with Crippen molar-refractivity contribution in [2.24, 2.45) is 10.7 Å². The molecule has 8 heteroatoms. The number of aliphatic imine (C=N–C) groups is 1. The smallest absolute Gasteiger partial charge is 0.189 e. The highest BCUT2D eigenvalue weighted by Gasteiger charge is 2.06. The molecule has 1 atom stereocenters. The Hall–Kier alpha value is -0.870. The predicted octanol–water partition coefficient (Wildman–Crippen LogP) is 1.15. The van der Waals surface area contributed by atoms with Gasteiger partial charge in [-0.05, 0) is 24.6 Å². The molecule has 0 heterocycles. The van der Waals surface area contributed by atoms with Crippen LogP contribution in [-0.2, 0) is 21.1 Å². The van der Waals surface area contributed by atoms with Crippen LogP contribution in [0.2, 0.25) is 0 Å². The number of rotatable bonds is 6. The largest absolute Gasteiger partial charge is 0.383 e. The predicted molar refractivity (Wildman–Crippen MR) is 94.8 cm³/mol. The minimum atomic E-state index is -3.16. The molecule has 0 saturated carbocycles. The molecule has 1 unspecified atom stereocenters. The summed E-state index contributed by atoms with van der Waals surface area (Å²) in [6.45, 7) is 2.87. The van der Waals surface area contributed by atoms with Gasteiger partial charge in [-0.15, -0.1) is 24.0 Å². The van der Waals surface area contributed by atoms with Gasteiger partial charge in [0.25, 0.3) is 0 Å². The third kappa shape index (κ3) is 7.63. The van der Waals surface area contributed by atoms with Crippen molar-refractivity contribution in [3.63, 3.8) is 0 Å². The summed E-state index contributed by atoms with van der Waals surface area (Å²) < 4.78 is 27.6. The second-order valence-corrected chi connectivity index (χ2v) is 6.63. The maximum atomic E-state index is 11.3. The van der Waals surface area contributed by atoms with Gasteiger partial charge in [-0.1, -0.05) is 12.1 Å². The summed E-state index contributed by atoms with van der Waals surface area (Å²) in [5, 5.41) is 2.99. The monoisotopic (exact) mass is 427 g/mol. The number of hydrogen-bond acceptors (Lipinski definition) is 4. The van der Waals surface area contributed by atoms with E-state index < -0.39 is 9.84 Å². The van der Waals surface area contributed by atoms with Crippen molar-refractivity contribution >= 4 is 39.8 Å². The average molecular weight is 427 g/mol. The fourth-order valence-electron chi connectivity index (χ4n) is 1.61. The van der Waals surface area contributed by atoms with Crippen LogP contribution in [0.15, 0.2) is 34.2 Å². The van der Waals surface area contributed by atoms with Crippen molar-refractivity contribution in [2.75, 3.05) is 20.0 Å². The molecule has 0 aliphatic carbocycles. The summed E-state index contributed by atoms with van der Waals surface area (Å²) in [5.41, 5.74) is 6.63. The first-order chi connectivity index (χ1) is 9.32. The molecule has 0 radical (unpaired) electrons. The molecule has 0 amide bonds. The normalized spacial score (nSPS) is 13.4. The van der Waals surface area contributed by atoms with Crippen LogP contribution in [0.4, 0.5) is 0 Å². The zero-order valence-corrected chi connectivity index (χ0v) is 15.5. The zero-order valence-electron chi connectivity index (χ0n) is 12.4. The number of nitrogens with two attached hydrogens (primary N) is 1. The lowest BCUT2D eigenvalue weighted by Gasteiger charge is -2.13. The Morgan fingerprint density at radius 1 is 1.38 bits per heavy atom. The Kier molecular flexibility index (Phi) is 8.83. The molecule has 0 spiro atoms. The number of benzene rings is 1. The summed E-state index contributed by atoms with van der Waals surface area (Å²) in [6, 6.07) is 6.67. The summed E-state index contributed by atoms with van der Waals surface area (Å²) in [7, 11) is -1.54. The molecular weight excluding hydrogens is 405 g/mol. The highest BCUT2D eigenvalue weighted by Crippen LogP contribution is 2.10. The third-order valence-corrected chi connectivity index (χ3v) is 3.72. The Morgan fingerprint density at radius 3 is 2.43 bits per heavy atom. The molecule has 3 N–H and O–H groups in total. The minimum Gasteiger partial charge on any atom is -0.383 e. The van der Waals surface area contributed by atoms with Crippen molar-refractivity contribution in [2.45, 2.75) is 24.4 Å². The van der Waals surface area contributed by atoms with Gasteiger partial charge in [0.15, 0.2) is 15.8 Å². The highest BCUT2D eigenvalue weighted by molar-refractivity contribution is 14.0. The van der Waals surface area contributed by atoms with Crippen LogP contribution >= 0.6 is 24.0 Å². The molecule has 0 aliphatic heterocycles. The Morgan fingerprint density at radius 2 is 1.95 bits per heavy atom. The summed E-state index contributed by atoms with van der Waals surface area (Å²) in [4.78, 5) is 4.48. The first-order valence-electron chi connectivity index (χ1n) is 6.17. The molecule has 0 fully saturated rings. The van der Waals surface area contributed by atoms with E-state index in [4.69, 9.17) is 10.5 Å². The van der Waals surface area contributed by atoms with Crippen molar-refractivity contribution in [1.82, 2.24) is 5.32 Å². The number of ether oxygens (including phenoxy) is 1. The molecule has 0 aromatic heterocycles. The number of nitrogens with zero attached hydrogens (tertiary/aromatic N) is 1. The van der Waals surface area contributed by atoms with Gasteiger partial charge in [0.2, 0.25) is 0 Å². The van der Waals surface area contributed by atoms with E-state index in [2.05, 4.69) is 10.3 Å². The number of methoxy groups -OCH3 is 1. The van der Waals surface area contributed by atoms with Gasteiger partial charge in [0.1, 0.15) is 0 Å². The SMILES string of the molecule is COCC(C)NC(N)=NCc1ccc(S(C)(=O)=O)cc1.I. The van der Waals surface area contributed by atoms with Crippen LogP contribution in [0.25, 0.3) is 0 Å². The molecule has 1 rings (SSSR count). The Labute approximate surface area is 143 Å². The van der Waals surface area contributed by atoms with E-state index in [1.54, 1.807) is 31.4 Å². The van der Waals surface area contributed by atoms with Gasteiger partial charge in [-0.25, -0.2) is 13.4 Å². The third-order valence-electron chi connectivity index (χ3n) is 2.59. The van der Waals surface area contributed by atoms with E-state index in [0.717, 1.165) is 5.56 Å². The summed E-state index contributed by atoms with van der Waals surface area (Å²) >= 11 is 0. The van der Waals surface area contributed by atoms with Crippen LogP contribution in [-0.4, -0.2) is 40.4 Å². The van der Waals surface area contributed by atoms with Crippen molar-refractivity contribution in [3.8, 4) is 0 Å². The molecule has 21 heavy (non-hydrogen) atoms. The fourth-order valence-corrected chi connectivity index (χ4v) is 2.24. The van der Waals surface area contributed by atoms with Gasteiger partial charge < -0.3 is 15.8 Å². The van der Waals surface area contributed by atoms with Gasteiger partial charge in [-0.3, -0.25) is 0 Å². The lowest BCUT2D eigenvalue weighted by atomic mass is 10.2. The number of nitrogens with one attached hydrogen (secondary N) is 1.